The van der Waals surface area contributed by atoms with E-state index >= 15 is 0 Å². The summed E-state index contributed by atoms with van der Waals surface area (Å²) in [7, 11) is 1.52. The lowest BCUT2D eigenvalue weighted by Crippen LogP contribution is -2.42. The van der Waals surface area contributed by atoms with Crippen LogP contribution in [0.1, 0.15) is 30.1 Å². The molecule has 2 aromatic carbocycles. The number of anilines is 2. The van der Waals surface area contributed by atoms with Gasteiger partial charge in [-0.1, -0.05) is 41.9 Å². The number of halogens is 1. The van der Waals surface area contributed by atoms with Gasteiger partial charge in [-0.2, -0.15) is 0 Å². The first-order chi connectivity index (χ1) is 16.0. The fourth-order valence-electron chi connectivity index (χ4n) is 3.70. The minimum Gasteiger partial charge on any atom is -0.495 e. The van der Waals surface area contributed by atoms with Crippen LogP contribution in [0.5, 0.6) is 11.5 Å². The number of hydrogen-bond acceptors (Lipinski definition) is 5. The molecule has 1 unspecified atom stereocenters. The molecule has 3 aromatic rings. The summed E-state index contributed by atoms with van der Waals surface area (Å²) in [6.45, 7) is 2.19. The van der Waals surface area contributed by atoms with E-state index in [2.05, 4.69) is 10.3 Å². The maximum Gasteiger partial charge on any atom is 0.274 e. The third kappa shape index (κ3) is 4.93. The van der Waals surface area contributed by atoms with Crippen molar-refractivity contribution in [2.75, 3.05) is 23.9 Å². The van der Waals surface area contributed by atoms with Gasteiger partial charge < -0.3 is 14.8 Å². The van der Waals surface area contributed by atoms with Crippen LogP contribution >= 0.6 is 11.6 Å². The number of benzene rings is 2. The molecule has 0 bridgehead atoms. The average Bonchev–Trinajstić information content (AvgIpc) is 2.83. The predicted molar refractivity (Wildman–Crippen MR) is 127 cm³/mol. The second-order valence-corrected chi connectivity index (χ2v) is 8.08. The van der Waals surface area contributed by atoms with Crippen LogP contribution in [0.25, 0.3) is 0 Å². The Balaban J connectivity index is 1.45. The second-order valence-electron chi connectivity index (χ2n) is 7.68. The summed E-state index contributed by atoms with van der Waals surface area (Å²) >= 11 is 6.14. The van der Waals surface area contributed by atoms with E-state index in [-0.39, 0.29) is 18.2 Å². The minimum absolute atomic E-state index is 0.184. The highest BCUT2D eigenvalue weighted by molar-refractivity contribution is 6.31. The van der Waals surface area contributed by atoms with Gasteiger partial charge in [-0.3, -0.25) is 14.5 Å². The van der Waals surface area contributed by atoms with Crippen LogP contribution in [-0.4, -0.2) is 30.5 Å². The summed E-state index contributed by atoms with van der Waals surface area (Å²) < 4.78 is 11.3. The lowest BCUT2D eigenvalue weighted by Gasteiger charge is -2.33. The largest absolute Gasteiger partial charge is 0.495 e. The average molecular weight is 466 g/mol. The molecule has 1 N–H and O–H groups in total. The van der Waals surface area contributed by atoms with Crippen LogP contribution in [-0.2, 0) is 9.59 Å². The van der Waals surface area contributed by atoms with E-state index in [1.54, 1.807) is 35.4 Å². The minimum atomic E-state index is -0.752. The Morgan fingerprint density at radius 2 is 2.00 bits per heavy atom. The van der Waals surface area contributed by atoms with Crippen molar-refractivity contribution in [3.63, 3.8) is 0 Å². The molecule has 0 saturated heterocycles. The molecule has 170 valence electrons. The summed E-state index contributed by atoms with van der Waals surface area (Å²) in [5.41, 5.74) is 2.16. The first-order valence-corrected chi connectivity index (χ1v) is 11.0. The van der Waals surface area contributed by atoms with Crippen molar-refractivity contribution in [1.82, 2.24) is 4.98 Å². The van der Waals surface area contributed by atoms with Crippen LogP contribution < -0.4 is 19.7 Å². The van der Waals surface area contributed by atoms with Crippen molar-refractivity contribution in [2.45, 2.75) is 25.9 Å². The van der Waals surface area contributed by atoms with Crippen LogP contribution in [0.3, 0.4) is 0 Å². The van der Waals surface area contributed by atoms with Gasteiger partial charge in [-0.15, -0.1) is 0 Å². The number of ether oxygens (including phenoxy) is 2. The van der Waals surface area contributed by atoms with E-state index in [0.29, 0.717) is 41.0 Å². The smallest absolute Gasteiger partial charge is 0.274 e. The standard InChI is InChI=1S/C25H24ClN3O4/c1-16-14-19(21(32-2)15-18(16)26)28-22(30)11-7-13-29-24-20(10-6-12-27-24)33-23(25(29)31)17-8-4-3-5-9-17/h3-6,8-10,12,14-15,23H,7,11,13H2,1-2H3,(H,28,30). The van der Waals surface area contributed by atoms with Crippen molar-refractivity contribution in [2.24, 2.45) is 0 Å². The van der Waals surface area contributed by atoms with Crippen LogP contribution in [0.2, 0.25) is 5.02 Å². The number of carbonyl (C=O) groups is 2. The number of nitrogens with zero attached hydrogens (tertiary/aromatic N) is 2. The predicted octanol–water partition coefficient (Wildman–Crippen LogP) is 4.94. The summed E-state index contributed by atoms with van der Waals surface area (Å²) in [6.07, 6.45) is 1.53. The topological polar surface area (TPSA) is 80.8 Å². The monoisotopic (exact) mass is 465 g/mol. The van der Waals surface area contributed by atoms with E-state index in [0.717, 1.165) is 11.1 Å². The molecular weight excluding hydrogens is 442 g/mol. The zero-order valence-corrected chi connectivity index (χ0v) is 19.1. The van der Waals surface area contributed by atoms with Gasteiger partial charge in [-0.25, -0.2) is 4.98 Å². The number of rotatable bonds is 7. The molecule has 0 saturated carbocycles. The number of hydrogen-bond donors (Lipinski definition) is 1. The lowest BCUT2D eigenvalue weighted by atomic mass is 10.1. The molecule has 4 rings (SSSR count). The van der Waals surface area contributed by atoms with Crippen molar-refractivity contribution >= 4 is 34.9 Å². The Bertz CT molecular complexity index is 1170. The molecule has 2 heterocycles. The van der Waals surface area contributed by atoms with Gasteiger partial charge in [0.05, 0.1) is 12.8 Å². The van der Waals surface area contributed by atoms with Gasteiger partial charge in [0.1, 0.15) is 5.75 Å². The fraction of sp³-hybridized carbons (Fsp3) is 0.240. The van der Waals surface area contributed by atoms with Crippen LogP contribution in [0, 0.1) is 6.92 Å². The summed E-state index contributed by atoms with van der Waals surface area (Å²) in [6, 6.07) is 16.3. The molecule has 2 amide bonds. The van der Waals surface area contributed by atoms with Crippen LogP contribution in [0.15, 0.2) is 60.8 Å². The molecular formula is C25H24ClN3O4. The first kappa shape index (κ1) is 22.6. The molecule has 1 aliphatic rings. The molecule has 1 aliphatic heterocycles. The molecule has 8 heteroatoms. The number of fused-ring (bicyclic) bond motifs is 1. The van der Waals surface area contributed by atoms with Crippen molar-refractivity contribution in [1.29, 1.82) is 0 Å². The normalized spacial score (nSPS) is 14.9. The van der Waals surface area contributed by atoms with Crippen LogP contribution in [0.4, 0.5) is 11.5 Å². The van der Waals surface area contributed by atoms with Crippen molar-refractivity contribution in [3.8, 4) is 11.5 Å². The van der Waals surface area contributed by atoms with E-state index in [1.165, 1.54) is 7.11 Å². The fourth-order valence-corrected chi connectivity index (χ4v) is 3.85. The maximum atomic E-state index is 13.2. The summed E-state index contributed by atoms with van der Waals surface area (Å²) in [5, 5.41) is 3.43. The zero-order valence-electron chi connectivity index (χ0n) is 18.4. The Morgan fingerprint density at radius 1 is 1.21 bits per heavy atom. The highest BCUT2D eigenvalue weighted by atomic mass is 35.5. The van der Waals surface area contributed by atoms with E-state index in [4.69, 9.17) is 21.1 Å². The molecule has 0 spiro atoms. The molecule has 1 aromatic heterocycles. The molecule has 1 atom stereocenters. The molecule has 0 aliphatic carbocycles. The number of nitrogens with one attached hydrogen (secondary N) is 1. The van der Waals surface area contributed by atoms with E-state index < -0.39 is 6.10 Å². The Hall–Kier alpha value is -3.58. The maximum absolute atomic E-state index is 13.2. The number of amides is 2. The number of carbonyl (C=O) groups excluding carboxylic acids is 2. The number of methoxy groups -OCH3 is 1. The summed E-state index contributed by atoms with van der Waals surface area (Å²) in [4.78, 5) is 31.8. The second kappa shape index (κ2) is 9.92. The number of aryl methyl sites for hydroxylation is 1. The van der Waals surface area contributed by atoms with Gasteiger partial charge >= 0.3 is 0 Å². The number of aromatic nitrogens is 1. The Kier molecular flexibility index (Phi) is 6.79. The van der Waals surface area contributed by atoms with Gasteiger partial charge in [0.15, 0.2) is 11.6 Å². The van der Waals surface area contributed by atoms with Gasteiger partial charge in [0.25, 0.3) is 5.91 Å². The Morgan fingerprint density at radius 3 is 2.76 bits per heavy atom. The lowest BCUT2D eigenvalue weighted by molar-refractivity contribution is -0.127. The van der Waals surface area contributed by atoms with Gasteiger partial charge in [-0.05, 0) is 37.1 Å². The third-order valence-electron chi connectivity index (χ3n) is 5.38. The van der Waals surface area contributed by atoms with Gasteiger partial charge in [0.2, 0.25) is 12.0 Å². The molecule has 0 radical (unpaired) electrons. The third-order valence-corrected chi connectivity index (χ3v) is 5.79. The summed E-state index contributed by atoms with van der Waals surface area (Å²) in [5.74, 6) is 1.10. The molecule has 33 heavy (non-hydrogen) atoms. The Labute approximate surface area is 197 Å². The van der Waals surface area contributed by atoms with E-state index in [9.17, 15) is 9.59 Å². The van der Waals surface area contributed by atoms with Crippen molar-refractivity contribution < 1.29 is 19.1 Å². The first-order valence-electron chi connectivity index (χ1n) is 10.6. The highest BCUT2D eigenvalue weighted by Gasteiger charge is 2.36. The van der Waals surface area contributed by atoms with E-state index in [1.807, 2.05) is 37.3 Å². The van der Waals surface area contributed by atoms with Crippen molar-refractivity contribution in [3.05, 3.63) is 76.9 Å². The molecule has 7 nitrogen and oxygen atoms in total. The number of pyridine rings is 1. The molecule has 0 fully saturated rings. The SMILES string of the molecule is COc1cc(Cl)c(C)cc1NC(=O)CCCN1C(=O)C(c2ccccc2)Oc2cccnc21. The highest BCUT2D eigenvalue weighted by Crippen LogP contribution is 2.37. The zero-order chi connectivity index (χ0) is 23.4. The van der Waals surface area contributed by atoms with Gasteiger partial charge in [0, 0.05) is 35.8 Å². The quantitative estimate of drug-likeness (QED) is 0.534.